The lowest BCUT2D eigenvalue weighted by Gasteiger charge is -2.23. The summed E-state index contributed by atoms with van der Waals surface area (Å²) in [6, 6.07) is 6.13. The maximum atomic E-state index is 9.99. The van der Waals surface area contributed by atoms with Gasteiger partial charge in [-0.05, 0) is 50.5 Å². The molecular weight excluding hydrogens is 238 g/mol. The van der Waals surface area contributed by atoms with Gasteiger partial charge in [0.05, 0.1) is 5.60 Å². The molecule has 0 fully saturated rings. The van der Waals surface area contributed by atoms with E-state index in [-0.39, 0.29) is 0 Å². The van der Waals surface area contributed by atoms with Gasteiger partial charge in [-0.25, -0.2) is 0 Å². The summed E-state index contributed by atoms with van der Waals surface area (Å²) in [5, 5.41) is 13.2. The maximum absolute atomic E-state index is 9.99. The standard InChI is InChI=1S/C16H27NO2/c1-5-8-16(4,18)12-17-9-10-19-15-7-6-13(2)14(3)11-15/h6-7,11,17-18H,5,8-10,12H2,1-4H3/t16-/m0/s1. The van der Waals surface area contributed by atoms with Gasteiger partial charge in [-0.15, -0.1) is 0 Å². The second kappa shape index (κ2) is 7.51. The Kier molecular flexibility index (Phi) is 6.32. The number of hydrogen-bond acceptors (Lipinski definition) is 3. The van der Waals surface area contributed by atoms with Crippen molar-refractivity contribution in [2.45, 2.75) is 46.1 Å². The van der Waals surface area contributed by atoms with Gasteiger partial charge in [0.2, 0.25) is 0 Å². The van der Waals surface area contributed by atoms with Crippen LogP contribution in [0.3, 0.4) is 0 Å². The molecule has 19 heavy (non-hydrogen) atoms. The van der Waals surface area contributed by atoms with Crippen LogP contribution >= 0.6 is 0 Å². The van der Waals surface area contributed by atoms with Crippen LogP contribution in [0.1, 0.15) is 37.8 Å². The van der Waals surface area contributed by atoms with E-state index in [1.807, 2.05) is 13.0 Å². The lowest BCUT2D eigenvalue weighted by Crippen LogP contribution is -2.39. The molecular formula is C16H27NO2. The summed E-state index contributed by atoms with van der Waals surface area (Å²) in [4.78, 5) is 0. The van der Waals surface area contributed by atoms with Gasteiger partial charge in [0.15, 0.2) is 0 Å². The zero-order chi connectivity index (χ0) is 14.3. The first-order valence-corrected chi connectivity index (χ1v) is 7.08. The smallest absolute Gasteiger partial charge is 0.119 e. The van der Waals surface area contributed by atoms with Crippen LogP contribution < -0.4 is 10.1 Å². The van der Waals surface area contributed by atoms with Crippen LogP contribution in [0.2, 0.25) is 0 Å². The highest BCUT2D eigenvalue weighted by Gasteiger charge is 2.17. The van der Waals surface area contributed by atoms with E-state index in [9.17, 15) is 5.11 Å². The number of benzene rings is 1. The van der Waals surface area contributed by atoms with E-state index in [1.165, 1.54) is 11.1 Å². The van der Waals surface area contributed by atoms with E-state index in [0.29, 0.717) is 13.2 Å². The van der Waals surface area contributed by atoms with Crippen LogP contribution in [0, 0.1) is 13.8 Å². The molecule has 0 spiro atoms. The molecule has 1 rings (SSSR count). The molecule has 0 aliphatic rings. The lowest BCUT2D eigenvalue weighted by atomic mass is 10.0. The van der Waals surface area contributed by atoms with Crippen molar-refractivity contribution in [1.29, 1.82) is 0 Å². The van der Waals surface area contributed by atoms with E-state index in [0.717, 1.165) is 25.1 Å². The summed E-state index contributed by atoms with van der Waals surface area (Å²) in [5.41, 5.74) is 1.91. The Bertz CT molecular complexity index is 388. The van der Waals surface area contributed by atoms with Crippen molar-refractivity contribution in [2.24, 2.45) is 0 Å². The fourth-order valence-electron chi connectivity index (χ4n) is 2.03. The third kappa shape index (κ3) is 6.08. The minimum atomic E-state index is -0.616. The largest absolute Gasteiger partial charge is 0.492 e. The number of nitrogens with one attached hydrogen (secondary N) is 1. The molecule has 3 nitrogen and oxygen atoms in total. The van der Waals surface area contributed by atoms with Gasteiger partial charge in [-0.3, -0.25) is 0 Å². The summed E-state index contributed by atoms with van der Waals surface area (Å²) in [6.45, 7) is 10.1. The molecule has 0 aliphatic carbocycles. The molecule has 0 aromatic heterocycles. The first-order chi connectivity index (χ1) is 8.94. The van der Waals surface area contributed by atoms with E-state index in [1.54, 1.807) is 0 Å². The predicted octanol–water partition coefficient (Wildman–Crippen LogP) is 2.82. The average molecular weight is 265 g/mol. The Morgan fingerprint density at radius 2 is 2.00 bits per heavy atom. The van der Waals surface area contributed by atoms with Crippen molar-refractivity contribution in [3.8, 4) is 5.75 Å². The van der Waals surface area contributed by atoms with Gasteiger partial charge in [0.25, 0.3) is 0 Å². The average Bonchev–Trinajstić information content (AvgIpc) is 2.33. The van der Waals surface area contributed by atoms with Crippen molar-refractivity contribution < 1.29 is 9.84 Å². The van der Waals surface area contributed by atoms with Crippen LogP contribution in [-0.4, -0.2) is 30.4 Å². The maximum Gasteiger partial charge on any atom is 0.119 e. The van der Waals surface area contributed by atoms with Gasteiger partial charge < -0.3 is 15.2 Å². The minimum Gasteiger partial charge on any atom is -0.492 e. The molecule has 3 heteroatoms. The number of rotatable bonds is 8. The fourth-order valence-corrected chi connectivity index (χ4v) is 2.03. The van der Waals surface area contributed by atoms with Crippen LogP contribution in [0.4, 0.5) is 0 Å². The molecule has 1 atom stereocenters. The number of aryl methyl sites for hydroxylation is 2. The van der Waals surface area contributed by atoms with E-state index in [2.05, 4.69) is 38.2 Å². The topological polar surface area (TPSA) is 41.5 Å². The summed E-state index contributed by atoms with van der Waals surface area (Å²) in [7, 11) is 0. The number of ether oxygens (including phenoxy) is 1. The summed E-state index contributed by atoms with van der Waals surface area (Å²) >= 11 is 0. The molecule has 0 saturated carbocycles. The highest BCUT2D eigenvalue weighted by Crippen LogP contribution is 2.16. The summed E-state index contributed by atoms with van der Waals surface area (Å²) < 4.78 is 5.67. The Hall–Kier alpha value is -1.06. The third-order valence-corrected chi connectivity index (χ3v) is 3.32. The van der Waals surface area contributed by atoms with Crippen molar-refractivity contribution in [1.82, 2.24) is 5.32 Å². The molecule has 0 amide bonds. The fraction of sp³-hybridized carbons (Fsp3) is 0.625. The molecule has 2 N–H and O–H groups in total. The van der Waals surface area contributed by atoms with Crippen molar-refractivity contribution in [2.75, 3.05) is 19.7 Å². The normalized spacial score (nSPS) is 14.2. The lowest BCUT2D eigenvalue weighted by molar-refractivity contribution is 0.0494. The van der Waals surface area contributed by atoms with Gasteiger partial charge >= 0.3 is 0 Å². The van der Waals surface area contributed by atoms with Gasteiger partial charge in [-0.2, -0.15) is 0 Å². The number of aliphatic hydroxyl groups is 1. The van der Waals surface area contributed by atoms with Crippen molar-refractivity contribution in [3.05, 3.63) is 29.3 Å². The molecule has 108 valence electrons. The zero-order valence-corrected chi connectivity index (χ0v) is 12.6. The monoisotopic (exact) mass is 265 g/mol. The summed E-state index contributed by atoms with van der Waals surface area (Å²) in [6.07, 6.45) is 1.81. The Morgan fingerprint density at radius 3 is 2.63 bits per heavy atom. The van der Waals surface area contributed by atoms with Crippen LogP contribution in [-0.2, 0) is 0 Å². The molecule has 0 unspecified atom stereocenters. The van der Waals surface area contributed by atoms with E-state index < -0.39 is 5.60 Å². The van der Waals surface area contributed by atoms with Gasteiger partial charge in [0.1, 0.15) is 12.4 Å². The van der Waals surface area contributed by atoms with E-state index >= 15 is 0 Å². The Balaban J connectivity index is 2.22. The molecule has 0 aliphatic heterocycles. The molecule has 0 bridgehead atoms. The molecule has 1 aromatic rings. The van der Waals surface area contributed by atoms with Gasteiger partial charge in [0, 0.05) is 13.1 Å². The van der Waals surface area contributed by atoms with Crippen LogP contribution in [0.25, 0.3) is 0 Å². The first-order valence-electron chi connectivity index (χ1n) is 7.08. The zero-order valence-electron chi connectivity index (χ0n) is 12.6. The molecule has 0 radical (unpaired) electrons. The Labute approximate surface area is 117 Å². The van der Waals surface area contributed by atoms with Crippen molar-refractivity contribution >= 4 is 0 Å². The quantitative estimate of drug-likeness (QED) is 0.710. The van der Waals surface area contributed by atoms with Crippen LogP contribution in [0.15, 0.2) is 18.2 Å². The SMILES string of the molecule is CCC[C@](C)(O)CNCCOc1ccc(C)c(C)c1. The van der Waals surface area contributed by atoms with E-state index in [4.69, 9.17) is 4.74 Å². The highest BCUT2D eigenvalue weighted by atomic mass is 16.5. The molecule has 0 heterocycles. The van der Waals surface area contributed by atoms with Crippen LogP contribution in [0.5, 0.6) is 5.75 Å². The molecule has 0 saturated heterocycles. The first kappa shape index (κ1) is 16.0. The second-order valence-electron chi connectivity index (χ2n) is 5.52. The second-order valence-corrected chi connectivity index (χ2v) is 5.52. The van der Waals surface area contributed by atoms with Crippen molar-refractivity contribution in [3.63, 3.8) is 0 Å². The predicted molar refractivity (Wildman–Crippen MR) is 79.8 cm³/mol. The highest BCUT2D eigenvalue weighted by molar-refractivity contribution is 5.33. The minimum absolute atomic E-state index is 0.608. The van der Waals surface area contributed by atoms with Gasteiger partial charge in [-0.1, -0.05) is 19.4 Å². The number of hydrogen-bond donors (Lipinski definition) is 2. The Morgan fingerprint density at radius 1 is 1.26 bits per heavy atom. The third-order valence-electron chi connectivity index (χ3n) is 3.32. The molecule has 1 aromatic carbocycles. The summed E-state index contributed by atoms with van der Waals surface area (Å²) in [5.74, 6) is 0.908.